The minimum Gasteiger partial charge on any atom is -0.370 e. The SMILES string of the molecule is NC(=NC1(N=C=O)CCCCC1)Nc1c(Cl)cccc1Cl. The monoisotopic (exact) mass is 326 g/mol. The number of benzene rings is 1. The van der Waals surface area contributed by atoms with Gasteiger partial charge in [0.1, 0.15) is 0 Å². The molecule has 0 bridgehead atoms. The Bertz CT molecular complexity index is 570. The molecule has 0 aliphatic heterocycles. The molecule has 1 fully saturated rings. The van der Waals surface area contributed by atoms with Gasteiger partial charge in [0.15, 0.2) is 11.6 Å². The van der Waals surface area contributed by atoms with Gasteiger partial charge < -0.3 is 11.1 Å². The highest BCUT2D eigenvalue weighted by Crippen LogP contribution is 2.33. The van der Waals surface area contributed by atoms with Crippen LogP contribution in [-0.2, 0) is 4.79 Å². The zero-order chi connectivity index (χ0) is 15.3. The maximum Gasteiger partial charge on any atom is 0.237 e. The number of guanidine groups is 1. The highest BCUT2D eigenvalue weighted by molar-refractivity contribution is 6.39. The molecule has 1 saturated carbocycles. The second-order valence-corrected chi connectivity index (χ2v) is 5.78. The lowest BCUT2D eigenvalue weighted by atomic mass is 9.90. The Balaban J connectivity index is 2.25. The van der Waals surface area contributed by atoms with Crippen molar-refractivity contribution in [2.24, 2.45) is 15.7 Å². The van der Waals surface area contributed by atoms with Crippen LogP contribution in [0.2, 0.25) is 10.0 Å². The summed E-state index contributed by atoms with van der Waals surface area (Å²) in [4.78, 5) is 18.9. The van der Waals surface area contributed by atoms with E-state index in [0.29, 0.717) is 28.6 Å². The van der Waals surface area contributed by atoms with Crippen molar-refractivity contribution >= 4 is 40.9 Å². The number of aliphatic imine (C=N–C) groups is 2. The Morgan fingerprint density at radius 1 is 1.24 bits per heavy atom. The van der Waals surface area contributed by atoms with Crippen molar-refractivity contribution in [1.29, 1.82) is 0 Å². The average molecular weight is 327 g/mol. The molecule has 0 aromatic heterocycles. The van der Waals surface area contributed by atoms with Gasteiger partial charge in [-0.05, 0) is 37.8 Å². The van der Waals surface area contributed by atoms with E-state index in [4.69, 9.17) is 28.9 Å². The van der Waals surface area contributed by atoms with Gasteiger partial charge >= 0.3 is 0 Å². The van der Waals surface area contributed by atoms with Gasteiger partial charge in [-0.3, -0.25) is 0 Å². The molecule has 1 aliphatic rings. The molecule has 21 heavy (non-hydrogen) atoms. The number of nitrogens with one attached hydrogen (secondary N) is 1. The highest BCUT2D eigenvalue weighted by Gasteiger charge is 2.31. The zero-order valence-electron chi connectivity index (χ0n) is 11.4. The predicted octanol–water partition coefficient (Wildman–Crippen LogP) is 3.72. The lowest BCUT2D eigenvalue weighted by Crippen LogP contribution is -2.33. The fourth-order valence-electron chi connectivity index (χ4n) is 2.45. The van der Waals surface area contributed by atoms with Crippen molar-refractivity contribution in [3.8, 4) is 0 Å². The van der Waals surface area contributed by atoms with E-state index in [1.165, 1.54) is 0 Å². The predicted molar refractivity (Wildman–Crippen MR) is 85.6 cm³/mol. The van der Waals surface area contributed by atoms with Crippen molar-refractivity contribution in [1.82, 2.24) is 0 Å². The minimum atomic E-state index is -0.815. The first-order chi connectivity index (χ1) is 10.1. The molecule has 0 amide bonds. The summed E-state index contributed by atoms with van der Waals surface area (Å²) in [6.45, 7) is 0. The third-order valence-corrected chi connectivity index (χ3v) is 4.08. The Kier molecular flexibility index (Phi) is 5.23. The van der Waals surface area contributed by atoms with Crippen molar-refractivity contribution in [2.45, 2.75) is 37.8 Å². The second kappa shape index (κ2) is 6.94. The number of para-hydroxylation sites is 1. The van der Waals surface area contributed by atoms with E-state index in [-0.39, 0.29) is 5.96 Å². The molecule has 0 spiro atoms. The van der Waals surface area contributed by atoms with E-state index in [1.807, 2.05) is 0 Å². The number of carbonyl (C=O) groups excluding carboxylic acids is 1. The smallest absolute Gasteiger partial charge is 0.237 e. The molecule has 0 atom stereocenters. The van der Waals surface area contributed by atoms with E-state index in [2.05, 4.69) is 15.3 Å². The summed E-state index contributed by atoms with van der Waals surface area (Å²) in [5, 5.41) is 3.77. The van der Waals surface area contributed by atoms with Crippen molar-refractivity contribution in [3.05, 3.63) is 28.2 Å². The van der Waals surface area contributed by atoms with Crippen molar-refractivity contribution in [2.75, 3.05) is 5.32 Å². The number of nitrogens with zero attached hydrogens (tertiary/aromatic N) is 2. The topological polar surface area (TPSA) is 79.8 Å². The van der Waals surface area contributed by atoms with Crippen LogP contribution in [0, 0.1) is 0 Å². The van der Waals surface area contributed by atoms with Crippen LogP contribution in [0.4, 0.5) is 5.69 Å². The molecule has 7 heteroatoms. The fourth-order valence-corrected chi connectivity index (χ4v) is 2.94. The second-order valence-electron chi connectivity index (χ2n) is 4.96. The molecule has 2 rings (SSSR count). The first kappa shape index (κ1) is 15.8. The summed E-state index contributed by atoms with van der Waals surface area (Å²) >= 11 is 12.1. The third-order valence-electron chi connectivity index (χ3n) is 3.45. The number of isocyanates is 1. The quantitative estimate of drug-likeness (QED) is 0.504. The first-order valence-corrected chi connectivity index (χ1v) is 7.47. The van der Waals surface area contributed by atoms with E-state index in [1.54, 1.807) is 24.3 Å². The summed E-state index contributed by atoms with van der Waals surface area (Å²) in [5.41, 5.74) is 5.60. The molecular formula is C14H16Cl2N4O. The van der Waals surface area contributed by atoms with Crippen LogP contribution in [0.3, 0.4) is 0 Å². The summed E-state index contributed by atoms with van der Waals surface area (Å²) in [6, 6.07) is 5.13. The molecule has 112 valence electrons. The summed E-state index contributed by atoms with van der Waals surface area (Å²) in [5.74, 6) is 0.130. The van der Waals surface area contributed by atoms with Gasteiger partial charge in [0.25, 0.3) is 0 Å². The van der Waals surface area contributed by atoms with Crippen LogP contribution >= 0.6 is 23.2 Å². The van der Waals surface area contributed by atoms with Gasteiger partial charge in [0.05, 0.1) is 15.7 Å². The maximum absolute atomic E-state index is 10.7. The summed E-state index contributed by atoms with van der Waals surface area (Å²) < 4.78 is 0. The number of hydrogen-bond acceptors (Lipinski definition) is 3. The van der Waals surface area contributed by atoms with Crippen LogP contribution in [0.5, 0.6) is 0 Å². The molecular weight excluding hydrogens is 311 g/mol. The normalized spacial score (nSPS) is 17.9. The molecule has 1 aliphatic carbocycles. The van der Waals surface area contributed by atoms with Crippen molar-refractivity contribution < 1.29 is 4.79 Å². The largest absolute Gasteiger partial charge is 0.370 e. The Morgan fingerprint density at radius 3 is 2.43 bits per heavy atom. The zero-order valence-corrected chi connectivity index (χ0v) is 12.9. The van der Waals surface area contributed by atoms with Crippen LogP contribution < -0.4 is 11.1 Å². The Hall–Kier alpha value is -1.55. The highest BCUT2D eigenvalue weighted by atomic mass is 35.5. The molecule has 0 unspecified atom stereocenters. The van der Waals surface area contributed by atoms with E-state index >= 15 is 0 Å². The third kappa shape index (κ3) is 3.97. The van der Waals surface area contributed by atoms with Crippen LogP contribution in [0.15, 0.2) is 28.2 Å². The van der Waals surface area contributed by atoms with E-state index in [9.17, 15) is 4.79 Å². The number of hydrogen-bond donors (Lipinski definition) is 2. The molecule has 0 saturated heterocycles. The molecule has 0 heterocycles. The molecule has 3 N–H and O–H groups in total. The standard InChI is InChI=1S/C14H16Cl2N4O/c15-10-5-4-6-11(16)12(10)19-13(17)20-14(18-9-21)7-2-1-3-8-14/h4-6H,1-3,7-8H2,(H3,17,19,20). The maximum atomic E-state index is 10.7. The summed E-state index contributed by atoms with van der Waals surface area (Å²) in [7, 11) is 0. The molecule has 5 nitrogen and oxygen atoms in total. The molecule has 1 aromatic rings. The first-order valence-electron chi connectivity index (χ1n) is 6.72. The Morgan fingerprint density at radius 2 is 1.86 bits per heavy atom. The van der Waals surface area contributed by atoms with E-state index in [0.717, 1.165) is 19.3 Å². The minimum absolute atomic E-state index is 0.130. The summed E-state index contributed by atoms with van der Waals surface area (Å²) in [6.07, 6.45) is 5.98. The van der Waals surface area contributed by atoms with Gasteiger partial charge in [-0.25, -0.2) is 9.79 Å². The number of rotatable bonds is 3. The van der Waals surface area contributed by atoms with Gasteiger partial charge in [-0.2, -0.15) is 4.99 Å². The van der Waals surface area contributed by atoms with Gasteiger partial charge in [-0.1, -0.05) is 35.7 Å². The number of halogens is 2. The lowest BCUT2D eigenvalue weighted by molar-refractivity contribution is 0.310. The van der Waals surface area contributed by atoms with Crippen LogP contribution in [0.1, 0.15) is 32.1 Å². The van der Waals surface area contributed by atoms with E-state index < -0.39 is 5.66 Å². The fraction of sp³-hybridized carbons (Fsp3) is 0.429. The number of anilines is 1. The van der Waals surface area contributed by atoms with Gasteiger partial charge in [0, 0.05) is 0 Å². The lowest BCUT2D eigenvalue weighted by Gasteiger charge is -2.28. The number of nitrogens with two attached hydrogens (primary N) is 1. The Labute approximate surface area is 133 Å². The van der Waals surface area contributed by atoms with Crippen molar-refractivity contribution in [3.63, 3.8) is 0 Å². The van der Waals surface area contributed by atoms with Crippen LogP contribution in [0.25, 0.3) is 0 Å². The average Bonchev–Trinajstić information content (AvgIpc) is 2.44. The van der Waals surface area contributed by atoms with Gasteiger partial charge in [-0.15, -0.1) is 0 Å². The molecule has 0 radical (unpaired) electrons. The van der Waals surface area contributed by atoms with Gasteiger partial charge in [0.2, 0.25) is 6.08 Å². The molecule has 1 aromatic carbocycles. The van der Waals surface area contributed by atoms with Crippen LogP contribution in [-0.4, -0.2) is 17.7 Å².